The van der Waals surface area contributed by atoms with Gasteiger partial charge in [0.05, 0.1) is 37.8 Å². The third kappa shape index (κ3) is 16.3. The second-order valence-corrected chi connectivity index (χ2v) is 26.4. The van der Waals surface area contributed by atoms with Crippen molar-refractivity contribution >= 4 is 165 Å². The van der Waals surface area contributed by atoms with Crippen LogP contribution in [0.4, 0.5) is 0 Å². The first-order chi connectivity index (χ1) is 45.1. The predicted molar refractivity (Wildman–Crippen MR) is 362 cm³/mol. The Morgan fingerprint density at radius 3 is 1.23 bits per heavy atom. The van der Waals surface area contributed by atoms with Crippen molar-refractivity contribution in [1.29, 1.82) is 0 Å². The molecule has 0 saturated carbocycles. The first-order valence-corrected chi connectivity index (χ1v) is 32.0. The van der Waals surface area contributed by atoms with Crippen LogP contribution in [0.3, 0.4) is 0 Å². The van der Waals surface area contributed by atoms with E-state index in [9.17, 15) is 58.8 Å². The largest absolute Gasteiger partial charge is 0.505 e. The highest BCUT2D eigenvalue weighted by Crippen LogP contribution is 2.45. The molecule has 12 rings (SSSR count). The Balaban J connectivity index is 0.000000151. The van der Waals surface area contributed by atoms with Crippen LogP contribution in [0, 0.1) is 0 Å². The Morgan fingerprint density at radius 2 is 0.745 bits per heavy atom. The molecule has 94 heavy (non-hydrogen) atoms. The van der Waals surface area contributed by atoms with Gasteiger partial charge in [-0.05, 0) is 67.3 Å². The first kappa shape index (κ1) is 67.6. The summed E-state index contributed by atoms with van der Waals surface area (Å²) in [6.45, 7) is -2.16. The number of thiophene rings is 4. The Hall–Kier alpha value is -10.8. The lowest BCUT2D eigenvalue weighted by molar-refractivity contribution is -0.136. The zero-order chi connectivity index (χ0) is 67.3. The molecule has 0 fully saturated rings. The van der Waals surface area contributed by atoms with Crippen molar-refractivity contribution in [2.45, 2.75) is 0 Å². The average molecular weight is 1470 g/mol. The Labute approximate surface area is 562 Å². The van der Waals surface area contributed by atoms with Gasteiger partial charge in [0.15, 0.2) is 45.8 Å². The van der Waals surface area contributed by atoms with E-state index in [-0.39, 0.29) is 45.8 Å². The molecule has 12 N–H and O–H groups in total. The lowest BCUT2D eigenvalue weighted by atomic mass is 10.1. The minimum atomic E-state index is -1.18. The van der Waals surface area contributed by atoms with Gasteiger partial charge in [-0.15, -0.1) is 45.3 Å². The lowest BCUT2D eigenvalue weighted by Crippen LogP contribution is -2.30. The highest BCUT2D eigenvalue weighted by molar-refractivity contribution is 9.11. The van der Waals surface area contributed by atoms with Crippen molar-refractivity contribution < 1.29 is 79.2 Å². The smallest absolute Gasteiger partial charge is 0.322 e. The van der Waals surface area contributed by atoms with Crippen molar-refractivity contribution in [1.82, 2.24) is 41.2 Å². The third-order valence-corrected chi connectivity index (χ3v) is 18.6. The van der Waals surface area contributed by atoms with Gasteiger partial charge in [-0.1, -0.05) is 121 Å². The number of carboxylic acids is 4. The van der Waals surface area contributed by atoms with Gasteiger partial charge in [0.25, 0.3) is 23.6 Å². The standard InChI is InChI=1S/2C22H16N2O4S.2C10H7BrN2O4S/c25-17(26)12-23-22(28)19-20(27)15-11-16(13-7-3-1-4-8-13)29-21(15)18(24-19)14-9-5-2-6-10-14;25-17(26)12-23-22(28)19-20(27)21-15(18(24-19)14-9-5-2-6-10-14)11-16(29-21)13-7-3-1-4-8-13;11-6-1-4-5(18-6)2-12-8(9(4)16)10(17)13-3-7(14)15;11-5-1-4-2-12-7(8(16)9(4)18-5)10(17)13-3-6(14)15/h2*1-11,27H,12H2,(H,23,28)(H,25,26);2*1-2,16H,3H2,(H,13,17)(H,14,15). The van der Waals surface area contributed by atoms with Gasteiger partial charge in [-0.3, -0.25) is 38.4 Å². The number of aromatic nitrogens is 4. The van der Waals surface area contributed by atoms with Gasteiger partial charge in [0, 0.05) is 54.8 Å². The van der Waals surface area contributed by atoms with Crippen LogP contribution in [0.15, 0.2) is 166 Å². The lowest BCUT2D eigenvalue weighted by Gasteiger charge is -2.09. The van der Waals surface area contributed by atoms with Crippen molar-refractivity contribution in [3.8, 4) is 66.4 Å². The molecule has 4 amide bonds. The number of aliphatic carboxylic acids is 4. The molecule has 0 atom stereocenters. The summed E-state index contributed by atoms with van der Waals surface area (Å²) in [5.74, 6) is -8.62. The molecule has 0 unspecified atom stereocenters. The number of benzene rings is 4. The number of hydrogen-bond acceptors (Lipinski definition) is 20. The van der Waals surface area contributed by atoms with E-state index in [2.05, 4.69) is 73.1 Å². The minimum Gasteiger partial charge on any atom is -0.505 e. The molecule has 0 saturated heterocycles. The molecule has 24 nitrogen and oxygen atoms in total. The van der Waals surface area contributed by atoms with Gasteiger partial charge >= 0.3 is 23.9 Å². The number of halogens is 2. The van der Waals surface area contributed by atoms with Crippen molar-refractivity contribution in [3.63, 3.8) is 0 Å². The zero-order valence-corrected chi connectivity index (χ0v) is 54.3. The van der Waals surface area contributed by atoms with E-state index in [1.165, 1.54) is 57.7 Å². The van der Waals surface area contributed by atoms with Gasteiger partial charge in [-0.25, -0.2) is 19.9 Å². The summed E-state index contributed by atoms with van der Waals surface area (Å²) in [4.78, 5) is 109. The quantitative estimate of drug-likeness (QED) is 0.0427. The van der Waals surface area contributed by atoms with Crippen LogP contribution < -0.4 is 21.3 Å². The summed E-state index contributed by atoms with van der Waals surface area (Å²) in [5.41, 5.74) is 3.92. The molecule has 4 aromatic carbocycles. The maximum atomic E-state index is 12.5. The van der Waals surface area contributed by atoms with E-state index < -0.39 is 73.7 Å². The fraction of sp³-hybridized carbons (Fsp3) is 0.0625. The number of fused-ring (bicyclic) bond motifs is 4. The summed E-state index contributed by atoms with van der Waals surface area (Å²) < 4.78 is 4.14. The molecule has 30 heteroatoms. The SMILES string of the molecule is O=C(O)CNC(=O)c1nc(-c2ccccc2)c2cc(-c3ccccc3)sc2c1O.O=C(O)CNC(=O)c1nc(-c2ccccc2)c2sc(-c3ccccc3)cc2c1O.O=C(O)CNC(=O)c1ncc2cc(Br)sc2c1O.O=C(O)CNC(=O)c1ncc2sc(Br)cc2c1O. The molecule has 8 aromatic heterocycles. The molecule has 0 aliphatic carbocycles. The Kier molecular flexibility index (Phi) is 22.0. The van der Waals surface area contributed by atoms with E-state index in [4.69, 9.17) is 20.4 Å². The number of amides is 4. The van der Waals surface area contributed by atoms with E-state index in [1.807, 2.05) is 133 Å². The van der Waals surface area contributed by atoms with Gasteiger partial charge in [0.2, 0.25) is 0 Å². The summed E-state index contributed by atoms with van der Waals surface area (Å²) in [7, 11) is 0. The third-order valence-electron chi connectivity index (χ3n) is 13.0. The number of rotatable bonds is 16. The second kappa shape index (κ2) is 30.6. The van der Waals surface area contributed by atoms with Crippen molar-refractivity contribution in [3.05, 3.63) is 188 Å². The first-order valence-electron chi connectivity index (χ1n) is 27.1. The molecule has 0 radical (unpaired) electrons. The molecule has 0 spiro atoms. The number of pyridine rings is 4. The normalized spacial score (nSPS) is 10.7. The van der Waals surface area contributed by atoms with Gasteiger partial charge in [0.1, 0.15) is 26.2 Å². The maximum Gasteiger partial charge on any atom is 0.322 e. The number of carboxylic acid groups (broad SMARTS) is 4. The maximum absolute atomic E-state index is 12.5. The van der Waals surface area contributed by atoms with E-state index >= 15 is 0 Å². The summed E-state index contributed by atoms with van der Waals surface area (Å²) in [5, 5.41) is 87.1. The highest BCUT2D eigenvalue weighted by Gasteiger charge is 2.26. The van der Waals surface area contributed by atoms with Crippen molar-refractivity contribution in [2.24, 2.45) is 0 Å². The molecule has 476 valence electrons. The number of aromatic hydroxyl groups is 4. The molecule has 12 aromatic rings. The number of hydrogen-bond donors (Lipinski definition) is 12. The van der Waals surface area contributed by atoms with E-state index in [0.29, 0.717) is 36.9 Å². The molecular weight excluding hydrogens is 1420 g/mol. The molecule has 0 bridgehead atoms. The topological polar surface area (TPSA) is 398 Å². The monoisotopic (exact) mass is 1470 g/mol. The summed E-state index contributed by atoms with van der Waals surface area (Å²) in [6.07, 6.45) is 2.91. The molecule has 0 aliphatic rings. The van der Waals surface area contributed by atoms with Gasteiger partial charge < -0.3 is 62.1 Å². The highest BCUT2D eigenvalue weighted by atomic mass is 79.9. The minimum absolute atomic E-state index is 0.182. The Bertz CT molecular complexity index is 4580. The van der Waals surface area contributed by atoms with Crippen LogP contribution in [-0.2, 0) is 19.2 Å². The molecule has 0 aliphatic heterocycles. The number of nitrogens with zero attached hydrogens (tertiary/aromatic N) is 4. The second-order valence-electron chi connectivity index (χ2n) is 19.4. The fourth-order valence-electron chi connectivity index (χ4n) is 8.79. The number of carbonyl (C=O) groups is 8. The summed E-state index contributed by atoms with van der Waals surface area (Å²) in [6, 6.07) is 45.4. The molecular formula is C64H46Br2N8O16S4. The van der Waals surface area contributed by atoms with Crippen LogP contribution in [0.2, 0.25) is 0 Å². The van der Waals surface area contributed by atoms with Gasteiger partial charge in [-0.2, -0.15) is 0 Å². The zero-order valence-electron chi connectivity index (χ0n) is 47.9. The van der Waals surface area contributed by atoms with Crippen LogP contribution in [0.5, 0.6) is 23.0 Å². The summed E-state index contributed by atoms with van der Waals surface area (Å²) >= 11 is 12.0. The number of carbonyl (C=O) groups excluding carboxylic acids is 4. The average Bonchev–Trinajstić information content (AvgIpc) is 1.57. The van der Waals surface area contributed by atoms with Crippen LogP contribution >= 0.6 is 77.2 Å². The number of nitrogens with one attached hydrogen (secondary N) is 4. The predicted octanol–water partition coefficient (Wildman–Crippen LogP) is 11.5. The van der Waals surface area contributed by atoms with Crippen LogP contribution in [0.1, 0.15) is 42.0 Å². The van der Waals surface area contributed by atoms with Crippen molar-refractivity contribution in [2.75, 3.05) is 26.2 Å². The van der Waals surface area contributed by atoms with E-state index in [0.717, 1.165) is 54.4 Å². The van der Waals surface area contributed by atoms with E-state index in [1.54, 1.807) is 12.1 Å². The van der Waals surface area contributed by atoms with Crippen LogP contribution in [0.25, 0.3) is 83.7 Å². The molecule has 8 heterocycles. The van der Waals surface area contributed by atoms with Crippen LogP contribution in [-0.4, -0.2) is 134 Å². The fourth-order valence-corrected chi connectivity index (χ4v) is 14.1. The Morgan fingerprint density at radius 1 is 0.372 bits per heavy atom.